The van der Waals surface area contributed by atoms with E-state index < -0.39 is 0 Å². The second kappa shape index (κ2) is 6.72. The molecule has 0 aliphatic carbocycles. The van der Waals surface area contributed by atoms with Crippen LogP contribution < -0.4 is 5.73 Å². The van der Waals surface area contributed by atoms with Crippen molar-refractivity contribution >= 4 is 11.3 Å². The highest BCUT2D eigenvalue weighted by Crippen LogP contribution is 2.40. The maximum absolute atomic E-state index is 6.50. The molecule has 0 saturated carbocycles. The number of nitrogens with two attached hydrogens (primary N) is 1. The minimum Gasteiger partial charge on any atom is -0.382 e. The number of fused-ring (bicyclic) bond motifs is 1. The minimum atomic E-state index is 0.0999. The van der Waals surface area contributed by atoms with Crippen LogP contribution in [0.15, 0.2) is 18.5 Å². The maximum Gasteiger partial charge on any atom is 0.151 e. The number of nitrogen functional groups attached to an aromatic ring is 1. The fourth-order valence-corrected chi connectivity index (χ4v) is 5.40. The SMILES string of the molecule is CN1CCC2(CCCN2C[C@@H]2CC[C@H](c3ccc4c(N)ncnn34)O2)CC1. The lowest BCUT2D eigenvalue weighted by molar-refractivity contribution is -0.0124. The van der Waals surface area contributed by atoms with Crippen LogP contribution in [0.25, 0.3) is 5.52 Å². The van der Waals surface area contributed by atoms with E-state index in [0.29, 0.717) is 17.5 Å². The quantitative estimate of drug-likeness (QED) is 0.892. The van der Waals surface area contributed by atoms with E-state index in [1.165, 1.54) is 51.6 Å². The van der Waals surface area contributed by atoms with Crippen molar-refractivity contribution in [3.63, 3.8) is 0 Å². The van der Waals surface area contributed by atoms with Crippen LogP contribution in [0.4, 0.5) is 5.82 Å². The van der Waals surface area contributed by atoms with Crippen molar-refractivity contribution in [3.8, 4) is 0 Å². The molecule has 5 rings (SSSR count). The van der Waals surface area contributed by atoms with E-state index >= 15 is 0 Å². The van der Waals surface area contributed by atoms with Crippen molar-refractivity contribution in [2.45, 2.75) is 56.3 Å². The molecule has 3 aliphatic rings. The lowest BCUT2D eigenvalue weighted by Gasteiger charge is -2.45. The Bertz CT molecular complexity index is 812. The molecule has 7 nitrogen and oxygen atoms in total. The normalized spacial score (nSPS) is 29.2. The molecule has 5 heterocycles. The highest BCUT2D eigenvalue weighted by molar-refractivity contribution is 5.65. The summed E-state index contributed by atoms with van der Waals surface area (Å²) in [5, 5.41) is 4.38. The topological polar surface area (TPSA) is 71.9 Å². The first-order chi connectivity index (χ1) is 13.1. The smallest absolute Gasteiger partial charge is 0.151 e. The number of hydrogen-bond donors (Lipinski definition) is 1. The minimum absolute atomic E-state index is 0.0999. The van der Waals surface area contributed by atoms with Crippen LogP contribution in [-0.2, 0) is 4.74 Å². The van der Waals surface area contributed by atoms with Crippen molar-refractivity contribution in [3.05, 3.63) is 24.2 Å². The average molecular weight is 371 g/mol. The Morgan fingerprint density at radius 2 is 2.04 bits per heavy atom. The van der Waals surface area contributed by atoms with E-state index in [2.05, 4.69) is 33.0 Å². The molecule has 146 valence electrons. The number of aromatic nitrogens is 3. The molecule has 0 bridgehead atoms. The first-order valence-electron chi connectivity index (χ1n) is 10.3. The van der Waals surface area contributed by atoms with Gasteiger partial charge in [0.25, 0.3) is 0 Å². The van der Waals surface area contributed by atoms with Crippen molar-refractivity contribution < 1.29 is 4.74 Å². The fraction of sp³-hybridized carbons (Fsp3) is 0.700. The van der Waals surface area contributed by atoms with Gasteiger partial charge in [-0.25, -0.2) is 9.50 Å². The molecule has 3 fully saturated rings. The molecule has 2 atom stereocenters. The molecule has 0 aromatic carbocycles. The molecule has 0 unspecified atom stereocenters. The van der Waals surface area contributed by atoms with Gasteiger partial charge in [-0.1, -0.05) is 0 Å². The number of piperidine rings is 1. The molecule has 2 N–H and O–H groups in total. The molecule has 7 heteroatoms. The van der Waals surface area contributed by atoms with Gasteiger partial charge in [-0.3, -0.25) is 4.90 Å². The number of rotatable bonds is 3. The van der Waals surface area contributed by atoms with Gasteiger partial charge in [-0.05, 0) is 77.3 Å². The van der Waals surface area contributed by atoms with Gasteiger partial charge < -0.3 is 15.4 Å². The van der Waals surface area contributed by atoms with Crippen LogP contribution in [0.5, 0.6) is 0 Å². The van der Waals surface area contributed by atoms with Crippen molar-refractivity contribution in [2.24, 2.45) is 0 Å². The third-order valence-electron chi connectivity index (χ3n) is 7.03. The van der Waals surface area contributed by atoms with Gasteiger partial charge in [0.1, 0.15) is 17.9 Å². The first kappa shape index (κ1) is 17.4. The van der Waals surface area contributed by atoms with E-state index in [0.717, 1.165) is 30.6 Å². The Morgan fingerprint density at radius 1 is 1.19 bits per heavy atom. The van der Waals surface area contributed by atoms with Crippen LogP contribution in [0.1, 0.15) is 50.3 Å². The largest absolute Gasteiger partial charge is 0.382 e. The van der Waals surface area contributed by atoms with E-state index in [4.69, 9.17) is 10.5 Å². The van der Waals surface area contributed by atoms with Crippen LogP contribution >= 0.6 is 0 Å². The molecule has 3 saturated heterocycles. The number of anilines is 1. The molecule has 27 heavy (non-hydrogen) atoms. The number of hydrogen-bond acceptors (Lipinski definition) is 6. The molecule has 0 amide bonds. The van der Waals surface area contributed by atoms with Crippen molar-refractivity contribution in [2.75, 3.05) is 39.0 Å². The average Bonchev–Trinajstić information content (AvgIpc) is 3.38. The zero-order valence-electron chi connectivity index (χ0n) is 16.2. The van der Waals surface area contributed by atoms with Gasteiger partial charge in [-0.15, -0.1) is 0 Å². The third kappa shape index (κ3) is 3.02. The summed E-state index contributed by atoms with van der Waals surface area (Å²) in [4.78, 5) is 9.30. The summed E-state index contributed by atoms with van der Waals surface area (Å²) in [6.45, 7) is 4.75. The molecule has 2 aromatic heterocycles. The first-order valence-corrected chi connectivity index (χ1v) is 10.3. The second-order valence-electron chi connectivity index (χ2n) is 8.60. The van der Waals surface area contributed by atoms with Crippen LogP contribution in [-0.4, -0.2) is 69.3 Å². The lowest BCUT2D eigenvalue weighted by Crippen LogP contribution is -2.53. The van der Waals surface area contributed by atoms with Gasteiger partial charge >= 0.3 is 0 Å². The number of likely N-dealkylation sites (tertiary alicyclic amines) is 2. The Hall–Kier alpha value is -1.70. The van der Waals surface area contributed by atoms with E-state index in [-0.39, 0.29) is 6.10 Å². The maximum atomic E-state index is 6.50. The number of ether oxygens (including phenoxy) is 1. The van der Waals surface area contributed by atoms with Crippen LogP contribution in [0.2, 0.25) is 0 Å². The van der Waals surface area contributed by atoms with Gasteiger partial charge in [0.2, 0.25) is 0 Å². The summed E-state index contributed by atoms with van der Waals surface area (Å²) < 4.78 is 8.39. The number of nitrogens with zero attached hydrogens (tertiary/aromatic N) is 5. The highest BCUT2D eigenvalue weighted by Gasteiger charge is 2.44. The van der Waals surface area contributed by atoms with Crippen molar-refractivity contribution in [1.82, 2.24) is 24.4 Å². The van der Waals surface area contributed by atoms with Gasteiger partial charge in [-0.2, -0.15) is 5.10 Å². The molecule has 1 spiro atoms. The van der Waals surface area contributed by atoms with E-state index in [1.54, 1.807) is 0 Å². The third-order valence-corrected chi connectivity index (χ3v) is 7.03. The summed E-state index contributed by atoms with van der Waals surface area (Å²) in [6, 6.07) is 4.08. The fourth-order valence-electron chi connectivity index (χ4n) is 5.40. The van der Waals surface area contributed by atoms with Crippen molar-refractivity contribution in [1.29, 1.82) is 0 Å². The molecule has 0 radical (unpaired) electrons. The van der Waals surface area contributed by atoms with Gasteiger partial charge in [0, 0.05) is 12.1 Å². The highest BCUT2D eigenvalue weighted by atomic mass is 16.5. The second-order valence-corrected chi connectivity index (χ2v) is 8.60. The molecular weight excluding hydrogens is 340 g/mol. The summed E-state index contributed by atoms with van der Waals surface area (Å²) in [5.41, 5.74) is 8.36. The summed E-state index contributed by atoms with van der Waals surface area (Å²) in [7, 11) is 2.25. The predicted octanol–water partition coefficient (Wildman–Crippen LogP) is 2.09. The Balaban J connectivity index is 1.28. The van der Waals surface area contributed by atoms with Gasteiger partial charge in [0.15, 0.2) is 5.82 Å². The molecule has 2 aromatic rings. The Labute approximate surface area is 160 Å². The summed E-state index contributed by atoms with van der Waals surface area (Å²) >= 11 is 0. The zero-order chi connectivity index (χ0) is 18.4. The predicted molar refractivity (Wildman–Crippen MR) is 105 cm³/mol. The van der Waals surface area contributed by atoms with Crippen LogP contribution in [0, 0.1) is 0 Å². The molecular formula is C20H30N6O. The van der Waals surface area contributed by atoms with Crippen LogP contribution in [0.3, 0.4) is 0 Å². The van der Waals surface area contributed by atoms with Gasteiger partial charge in [0.05, 0.1) is 11.8 Å². The lowest BCUT2D eigenvalue weighted by atomic mass is 9.85. The standard InChI is InChI=1S/C20H30N6O/c1-24-11-8-20(9-12-24)7-2-10-25(20)13-15-3-6-18(27-15)16-4-5-17-19(21)22-14-23-26(16)17/h4-5,14-15,18H,2-3,6-13H2,1H3,(H2,21,22,23)/t15-,18+/m0/s1. The zero-order valence-corrected chi connectivity index (χ0v) is 16.2. The Morgan fingerprint density at radius 3 is 2.89 bits per heavy atom. The van der Waals surface area contributed by atoms with E-state index in [1.807, 2.05) is 10.6 Å². The van der Waals surface area contributed by atoms with E-state index in [9.17, 15) is 0 Å². The monoisotopic (exact) mass is 370 g/mol. The molecule has 3 aliphatic heterocycles. The summed E-state index contributed by atoms with van der Waals surface area (Å²) in [5.74, 6) is 0.520. The summed E-state index contributed by atoms with van der Waals surface area (Å²) in [6.07, 6.45) is 9.40. The Kier molecular flexibility index (Phi) is 4.33.